The summed E-state index contributed by atoms with van der Waals surface area (Å²) in [5, 5.41) is 0. The lowest BCUT2D eigenvalue weighted by Gasteiger charge is -2.14. The van der Waals surface area contributed by atoms with Crippen molar-refractivity contribution in [2.75, 3.05) is 20.8 Å². The minimum absolute atomic E-state index is 0.105. The molecule has 4 nitrogen and oxygen atoms in total. The van der Waals surface area contributed by atoms with Gasteiger partial charge in [0, 0.05) is 6.42 Å². The van der Waals surface area contributed by atoms with Crippen molar-refractivity contribution in [3.05, 3.63) is 23.3 Å². The molecular weight excluding hydrogens is 254 g/mol. The molecule has 2 N–H and O–H groups in total. The summed E-state index contributed by atoms with van der Waals surface area (Å²) in [6, 6.07) is 3.64. The molecule has 0 aromatic heterocycles. The van der Waals surface area contributed by atoms with Gasteiger partial charge in [0.15, 0.2) is 5.78 Å². The molecule has 20 heavy (non-hydrogen) atoms. The third-order valence-electron chi connectivity index (χ3n) is 3.32. The third kappa shape index (κ3) is 4.23. The molecule has 1 aromatic carbocycles. The summed E-state index contributed by atoms with van der Waals surface area (Å²) in [5.41, 5.74) is 7.16. The Hall–Kier alpha value is -1.55. The minimum Gasteiger partial charge on any atom is -0.496 e. The Morgan fingerprint density at radius 2 is 1.85 bits per heavy atom. The summed E-state index contributed by atoms with van der Waals surface area (Å²) in [6.45, 7) is 2.65. The van der Waals surface area contributed by atoms with E-state index in [1.165, 1.54) is 0 Å². The number of unbranched alkanes of at least 4 members (excludes halogenated alkanes) is 2. The average molecular weight is 279 g/mol. The Bertz CT molecular complexity index is 444. The fraction of sp³-hybridized carbons (Fsp3) is 0.562. The molecule has 1 rings (SSSR count). The van der Waals surface area contributed by atoms with Gasteiger partial charge in [-0.15, -0.1) is 0 Å². The van der Waals surface area contributed by atoms with Gasteiger partial charge in [-0.3, -0.25) is 4.79 Å². The number of methoxy groups -OCH3 is 2. The van der Waals surface area contributed by atoms with Crippen LogP contribution >= 0.6 is 0 Å². The Morgan fingerprint density at radius 1 is 1.15 bits per heavy atom. The molecule has 0 atom stereocenters. The van der Waals surface area contributed by atoms with E-state index in [0.717, 1.165) is 24.8 Å². The van der Waals surface area contributed by atoms with E-state index in [2.05, 4.69) is 6.92 Å². The maximum absolute atomic E-state index is 12.3. The number of rotatable bonds is 9. The van der Waals surface area contributed by atoms with Crippen LogP contribution in [0.5, 0.6) is 11.5 Å². The van der Waals surface area contributed by atoms with Crippen LogP contribution in [0, 0.1) is 0 Å². The van der Waals surface area contributed by atoms with Gasteiger partial charge in [-0.25, -0.2) is 0 Å². The van der Waals surface area contributed by atoms with Crippen molar-refractivity contribution in [1.29, 1.82) is 0 Å². The predicted octanol–water partition coefficient (Wildman–Crippen LogP) is 2.97. The predicted molar refractivity (Wildman–Crippen MR) is 80.8 cm³/mol. The van der Waals surface area contributed by atoms with Gasteiger partial charge in [0.25, 0.3) is 0 Å². The molecular formula is C16H25NO3. The zero-order valence-corrected chi connectivity index (χ0v) is 12.7. The molecule has 0 amide bonds. The van der Waals surface area contributed by atoms with Crippen molar-refractivity contribution in [2.45, 2.75) is 39.0 Å². The largest absolute Gasteiger partial charge is 0.496 e. The van der Waals surface area contributed by atoms with Crippen LogP contribution in [-0.4, -0.2) is 26.5 Å². The monoisotopic (exact) mass is 279 g/mol. The van der Waals surface area contributed by atoms with Gasteiger partial charge in [0.2, 0.25) is 0 Å². The van der Waals surface area contributed by atoms with Crippen molar-refractivity contribution in [2.24, 2.45) is 5.73 Å². The number of benzene rings is 1. The first-order chi connectivity index (χ1) is 9.67. The number of hydrogen-bond acceptors (Lipinski definition) is 4. The molecule has 0 aliphatic rings. The second-order valence-corrected chi connectivity index (χ2v) is 4.78. The molecule has 0 aliphatic carbocycles. The Morgan fingerprint density at radius 3 is 2.40 bits per heavy atom. The molecule has 112 valence electrons. The highest BCUT2D eigenvalue weighted by atomic mass is 16.5. The molecule has 0 saturated carbocycles. The maximum Gasteiger partial charge on any atom is 0.166 e. The summed E-state index contributed by atoms with van der Waals surface area (Å²) in [4.78, 5) is 12.3. The summed E-state index contributed by atoms with van der Waals surface area (Å²) in [5.74, 6) is 1.42. The lowest BCUT2D eigenvalue weighted by atomic mass is 10.00. The van der Waals surface area contributed by atoms with Crippen LogP contribution in [0.25, 0.3) is 0 Å². The molecule has 1 aromatic rings. The number of Topliss-reactive ketones (excluding diaryl/α,β-unsaturated/α-hetero) is 1. The molecule has 0 heterocycles. The molecule has 0 unspecified atom stereocenters. The topological polar surface area (TPSA) is 61.5 Å². The van der Waals surface area contributed by atoms with Gasteiger partial charge < -0.3 is 15.2 Å². The second-order valence-electron chi connectivity index (χ2n) is 4.78. The molecule has 0 spiro atoms. The summed E-state index contributed by atoms with van der Waals surface area (Å²) >= 11 is 0. The average Bonchev–Trinajstić information content (AvgIpc) is 2.47. The number of ether oxygens (including phenoxy) is 2. The highest BCUT2D eigenvalue weighted by Gasteiger charge is 2.16. The first kappa shape index (κ1) is 16.5. The summed E-state index contributed by atoms with van der Waals surface area (Å²) in [6.07, 6.45) is 4.32. The standard InChI is InChI=1S/C16H25NO3/c1-4-5-6-7-14(18)13-11-15(19-2)12(8-9-17)10-16(13)20-3/h10-11H,4-9,17H2,1-3H3. The lowest BCUT2D eigenvalue weighted by molar-refractivity contribution is 0.0976. The van der Waals surface area contributed by atoms with Gasteiger partial charge in [0.05, 0.1) is 19.8 Å². The van der Waals surface area contributed by atoms with E-state index in [1.807, 2.05) is 6.07 Å². The minimum atomic E-state index is 0.105. The lowest BCUT2D eigenvalue weighted by Crippen LogP contribution is -2.08. The first-order valence-corrected chi connectivity index (χ1v) is 7.16. The molecule has 0 bridgehead atoms. The summed E-state index contributed by atoms with van der Waals surface area (Å²) in [7, 11) is 3.18. The van der Waals surface area contributed by atoms with E-state index < -0.39 is 0 Å². The second kappa shape index (κ2) is 8.59. The van der Waals surface area contributed by atoms with Crippen LogP contribution < -0.4 is 15.2 Å². The van der Waals surface area contributed by atoms with Gasteiger partial charge in [0.1, 0.15) is 11.5 Å². The maximum atomic E-state index is 12.3. The van der Waals surface area contributed by atoms with E-state index in [4.69, 9.17) is 15.2 Å². The Labute approximate surface area is 121 Å². The van der Waals surface area contributed by atoms with Gasteiger partial charge >= 0.3 is 0 Å². The van der Waals surface area contributed by atoms with Crippen LogP contribution in [-0.2, 0) is 6.42 Å². The number of nitrogens with two attached hydrogens (primary N) is 1. The van der Waals surface area contributed by atoms with Crippen molar-refractivity contribution >= 4 is 5.78 Å². The van der Waals surface area contributed by atoms with Gasteiger partial charge in [-0.1, -0.05) is 19.8 Å². The number of carbonyl (C=O) groups excluding carboxylic acids is 1. The molecule has 0 saturated heterocycles. The first-order valence-electron chi connectivity index (χ1n) is 7.16. The molecule has 0 fully saturated rings. The Kier molecular flexibility index (Phi) is 7.09. The van der Waals surface area contributed by atoms with E-state index in [9.17, 15) is 4.79 Å². The van der Waals surface area contributed by atoms with E-state index >= 15 is 0 Å². The molecule has 0 aliphatic heterocycles. The fourth-order valence-electron chi connectivity index (χ4n) is 2.20. The fourth-order valence-corrected chi connectivity index (χ4v) is 2.20. The van der Waals surface area contributed by atoms with Crippen LogP contribution in [0.15, 0.2) is 12.1 Å². The van der Waals surface area contributed by atoms with Crippen LogP contribution in [0.3, 0.4) is 0 Å². The zero-order chi connectivity index (χ0) is 15.0. The van der Waals surface area contributed by atoms with Crippen molar-refractivity contribution in [1.82, 2.24) is 0 Å². The van der Waals surface area contributed by atoms with Gasteiger partial charge in [-0.2, -0.15) is 0 Å². The zero-order valence-electron chi connectivity index (χ0n) is 12.7. The summed E-state index contributed by atoms with van der Waals surface area (Å²) < 4.78 is 10.7. The molecule has 0 radical (unpaired) electrons. The van der Waals surface area contributed by atoms with Crippen molar-refractivity contribution in [3.8, 4) is 11.5 Å². The van der Waals surface area contributed by atoms with Crippen molar-refractivity contribution in [3.63, 3.8) is 0 Å². The van der Waals surface area contributed by atoms with E-state index in [1.54, 1.807) is 20.3 Å². The van der Waals surface area contributed by atoms with Crippen molar-refractivity contribution < 1.29 is 14.3 Å². The van der Waals surface area contributed by atoms with Gasteiger partial charge in [-0.05, 0) is 37.1 Å². The van der Waals surface area contributed by atoms with E-state index in [-0.39, 0.29) is 5.78 Å². The third-order valence-corrected chi connectivity index (χ3v) is 3.32. The smallest absolute Gasteiger partial charge is 0.166 e. The number of ketones is 1. The number of carbonyl (C=O) groups is 1. The quantitative estimate of drug-likeness (QED) is 0.557. The highest BCUT2D eigenvalue weighted by molar-refractivity contribution is 5.99. The number of hydrogen-bond donors (Lipinski definition) is 1. The van der Waals surface area contributed by atoms with E-state index in [0.29, 0.717) is 36.4 Å². The SMILES string of the molecule is CCCCCC(=O)c1cc(OC)c(CCN)cc1OC. The highest BCUT2D eigenvalue weighted by Crippen LogP contribution is 2.30. The molecule has 4 heteroatoms. The Balaban J connectivity index is 3.02. The van der Waals surface area contributed by atoms with Crippen LogP contribution in [0.4, 0.5) is 0 Å². The normalized spacial score (nSPS) is 10.4. The van der Waals surface area contributed by atoms with Crippen LogP contribution in [0.1, 0.15) is 48.5 Å². The van der Waals surface area contributed by atoms with Crippen LogP contribution in [0.2, 0.25) is 0 Å².